The van der Waals surface area contributed by atoms with E-state index in [4.69, 9.17) is 10.7 Å². The molecule has 0 saturated carbocycles. The first-order valence-electron chi connectivity index (χ1n) is 7.12. The largest absolute Gasteiger partial charge is 0.236 e. The van der Waals surface area contributed by atoms with Crippen molar-refractivity contribution >= 4 is 19.7 Å². The third kappa shape index (κ3) is 4.23. The minimum absolute atomic E-state index is 0.0971. The molecule has 0 unspecified atom stereocenters. The van der Waals surface area contributed by atoms with Gasteiger partial charge in [-0.05, 0) is 40.0 Å². The lowest BCUT2D eigenvalue weighted by Crippen LogP contribution is -2.10. The molecule has 20 heavy (non-hydrogen) atoms. The number of hydrogen-bond donors (Lipinski definition) is 0. The summed E-state index contributed by atoms with van der Waals surface area (Å²) in [5.74, 6) is 0.967. The monoisotopic (exact) mass is 316 g/mol. The molecule has 0 aromatic heterocycles. The molecule has 0 aliphatic carbocycles. The van der Waals surface area contributed by atoms with E-state index in [0.29, 0.717) is 11.8 Å². The van der Waals surface area contributed by atoms with Crippen molar-refractivity contribution in [3.63, 3.8) is 0 Å². The second-order valence-electron chi connectivity index (χ2n) is 6.29. The van der Waals surface area contributed by atoms with Crippen LogP contribution in [0.3, 0.4) is 0 Å². The molecule has 4 heteroatoms. The molecule has 2 nitrogen and oxygen atoms in total. The van der Waals surface area contributed by atoms with Crippen LogP contribution < -0.4 is 0 Å². The van der Waals surface area contributed by atoms with Gasteiger partial charge in [-0.15, -0.1) is 0 Å². The molecule has 0 bridgehead atoms. The van der Waals surface area contributed by atoms with Crippen LogP contribution in [0, 0.1) is 0 Å². The van der Waals surface area contributed by atoms with E-state index in [9.17, 15) is 8.42 Å². The Morgan fingerprint density at radius 1 is 0.900 bits per heavy atom. The number of hydrogen-bond acceptors (Lipinski definition) is 2. The number of rotatable bonds is 5. The van der Waals surface area contributed by atoms with Crippen molar-refractivity contribution in [2.75, 3.05) is 0 Å². The summed E-state index contributed by atoms with van der Waals surface area (Å²) in [6, 6.07) is 3.99. The number of benzene rings is 1. The standard InChI is InChI=1S/C16H25ClO2S/c1-10(2)14-8-7-13(9-20(17,18)19)15(11(3)4)16(14)12(5)6/h7-8,10-12H,9H2,1-6H3. The average molecular weight is 317 g/mol. The first-order valence-corrected chi connectivity index (χ1v) is 9.60. The summed E-state index contributed by atoms with van der Waals surface area (Å²) in [7, 11) is 1.91. The zero-order chi connectivity index (χ0) is 15.7. The van der Waals surface area contributed by atoms with Crippen molar-refractivity contribution in [2.24, 2.45) is 0 Å². The van der Waals surface area contributed by atoms with Crippen LogP contribution in [0.5, 0.6) is 0 Å². The first kappa shape index (κ1) is 17.5. The smallest absolute Gasteiger partial charge is 0.212 e. The summed E-state index contributed by atoms with van der Waals surface area (Å²) in [5.41, 5.74) is 4.57. The highest BCUT2D eigenvalue weighted by molar-refractivity contribution is 8.13. The van der Waals surface area contributed by atoms with Crippen molar-refractivity contribution in [1.29, 1.82) is 0 Å². The summed E-state index contributed by atoms with van der Waals surface area (Å²) in [4.78, 5) is 0. The van der Waals surface area contributed by atoms with Crippen LogP contribution >= 0.6 is 10.7 Å². The van der Waals surface area contributed by atoms with Gasteiger partial charge in [-0.2, -0.15) is 0 Å². The van der Waals surface area contributed by atoms with Crippen LogP contribution in [0.4, 0.5) is 0 Å². The van der Waals surface area contributed by atoms with Crippen LogP contribution in [-0.2, 0) is 14.8 Å². The maximum atomic E-state index is 11.4. The SMILES string of the molecule is CC(C)c1ccc(CS(=O)(=O)Cl)c(C(C)C)c1C(C)C. The van der Waals surface area contributed by atoms with Gasteiger partial charge in [0.1, 0.15) is 0 Å². The molecule has 0 radical (unpaired) electrons. The van der Waals surface area contributed by atoms with Gasteiger partial charge < -0.3 is 0 Å². The van der Waals surface area contributed by atoms with Crippen molar-refractivity contribution in [2.45, 2.75) is 65.0 Å². The molecule has 114 valence electrons. The van der Waals surface area contributed by atoms with Gasteiger partial charge in [-0.1, -0.05) is 53.7 Å². The second kappa shape index (κ2) is 6.48. The Labute approximate surface area is 128 Å². The zero-order valence-corrected chi connectivity index (χ0v) is 14.8. The summed E-state index contributed by atoms with van der Waals surface area (Å²) < 4.78 is 22.9. The lowest BCUT2D eigenvalue weighted by atomic mass is 9.81. The van der Waals surface area contributed by atoms with E-state index in [0.717, 1.165) is 11.1 Å². The molecule has 0 aliphatic rings. The van der Waals surface area contributed by atoms with E-state index >= 15 is 0 Å². The number of halogens is 1. The van der Waals surface area contributed by atoms with Crippen molar-refractivity contribution in [3.05, 3.63) is 34.4 Å². The lowest BCUT2D eigenvalue weighted by molar-refractivity contribution is 0.608. The van der Waals surface area contributed by atoms with Crippen LogP contribution in [0.25, 0.3) is 0 Å². The topological polar surface area (TPSA) is 34.1 Å². The Balaban J connectivity index is 3.60. The van der Waals surface area contributed by atoms with Gasteiger partial charge in [0, 0.05) is 10.7 Å². The highest BCUT2D eigenvalue weighted by Crippen LogP contribution is 2.36. The van der Waals surface area contributed by atoms with Gasteiger partial charge in [-0.3, -0.25) is 0 Å². The first-order chi connectivity index (χ1) is 9.04. The Bertz CT molecular complexity index is 572. The molecule has 1 aromatic carbocycles. The van der Waals surface area contributed by atoms with Crippen molar-refractivity contribution < 1.29 is 8.42 Å². The normalized spacial score (nSPS) is 12.7. The predicted molar refractivity (Wildman–Crippen MR) is 87.2 cm³/mol. The van der Waals surface area contributed by atoms with Gasteiger partial charge >= 0.3 is 0 Å². The Morgan fingerprint density at radius 2 is 1.40 bits per heavy atom. The Kier molecular flexibility index (Phi) is 5.68. The predicted octanol–water partition coefficient (Wildman–Crippen LogP) is 5.13. The van der Waals surface area contributed by atoms with Gasteiger partial charge in [0.05, 0.1) is 5.75 Å². The molecule has 1 rings (SSSR count). The van der Waals surface area contributed by atoms with E-state index in [-0.39, 0.29) is 11.7 Å². The van der Waals surface area contributed by atoms with Crippen LogP contribution in [0.15, 0.2) is 12.1 Å². The van der Waals surface area contributed by atoms with Gasteiger partial charge in [-0.25, -0.2) is 8.42 Å². The summed E-state index contributed by atoms with van der Waals surface area (Å²) in [6.45, 7) is 12.9. The van der Waals surface area contributed by atoms with Crippen LogP contribution in [0.2, 0.25) is 0 Å². The van der Waals surface area contributed by atoms with Crippen LogP contribution in [-0.4, -0.2) is 8.42 Å². The quantitative estimate of drug-likeness (QED) is 0.706. The Morgan fingerprint density at radius 3 is 1.75 bits per heavy atom. The molecule has 0 N–H and O–H groups in total. The minimum atomic E-state index is -3.54. The van der Waals surface area contributed by atoms with Crippen molar-refractivity contribution in [1.82, 2.24) is 0 Å². The van der Waals surface area contributed by atoms with E-state index in [1.165, 1.54) is 11.1 Å². The maximum Gasteiger partial charge on any atom is 0.236 e. The Hall–Kier alpha value is -0.540. The van der Waals surface area contributed by atoms with Crippen molar-refractivity contribution in [3.8, 4) is 0 Å². The molecule has 0 aliphatic heterocycles. The molecular weight excluding hydrogens is 292 g/mol. The molecule has 1 aromatic rings. The van der Waals surface area contributed by atoms with E-state index in [1.54, 1.807) is 0 Å². The third-order valence-corrected chi connectivity index (χ3v) is 4.50. The fourth-order valence-corrected chi connectivity index (χ4v) is 3.82. The fourth-order valence-electron chi connectivity index (χ4n) is 2.84. The molecule has 0 fully saturated rings. The lowest BCUT2D eigenvalue weighted by Gasteiger charge is -2.25. The highest BCUT2D eigenvalue weighted by atomic mass is 35.7. The molecule has 0 saturated heterocycles. The summed E-state index contributed by atoms with van der Waals surface area (Å²) in [6.07, 6.45) is 0. The molecular formula is C16H25ClO2S. The third-order valence-electron chi connectivity index (χ3n) is 3.52. The van der Waals surface area contributed by atoms with Gasteiger partial charge in [0.2, 0.25) is 9.05 Å². The molecule has 0 spiro atoms. The van der Waals surface area contributed by atoms with E-state index in [2.05, 4.69) is 47.6 Å². The zero-order valence-electron chi connectivity index (χ0n) is 13.2. The second-order valence-corrected chi connectivity index (χ2v) is 9.07. The van der Waals surface area contributed by atoms with Gasteiger partial charge in [0.15, 0.2) is 0 Å². The fraction of sp³-hybridized carbons (Fsp3) is 0.625. The van der Waals surface area contributed by atoms with E-state index < -0.39 is 9.05 Å². The van der Waals surface area contributed by atoms with Gasteiger partial charge in [0.25, 0.3) is 0 Å². The average Bonchev–Trinajstić information content (AvgIpc) is 2.24. The molecule has 0 atom stereocenters. The highest BCUT2D eigenvalue weighted by Gasteiger charge is 2.22. The summed E-state index contributed by atoms with van der Waals surface area (Å²) in [5, 5.41) is 0. The minimum Gasteiger partial charge on any atom is -0.212 e. The molecule has 0 amide bonds. The molecule has 0 heterocycles. The van der Waals surface area contributed by atoms with E-state index in [1.807, 2.05) is 6.07 Å². The summed E-state index contributed by atoms with van der Waals surface area (Å²) >= 11 is 0. The maximum absolute atomic E-state index is 11.4. The van der Waals surface area contributed by atoms with Crippen LogP contribution in [0.1, 0.15) is 81.5 Å².